The number of aliphatic hydroxyl groups excluding tert-OH is 1. The smallest absolute Gasteiger partial charge is 0.236 e. The molecule has 1 unspecified atom stereocenters. The van der Waals surface area contributed by atoms with Crippen LogP contribution in [0.2, 0.25) is 0 Å². The molecule has 2 heterocycles. The van der Waals surface area contributed by atoms with E-state index in [4.69, 9.17) is 5.73 Å². The molecule has 0 spiro atoms. The first-order chi connectivity index (χ1) is 9.11. The summed E-state index contributed by atoms with van der Waals surface area (Å²) in [6.07, 6.45) is 3.60. The van der Waals surface area contributed by atoms with E-state index in [0.717, 1.165) is 32.2 Å². The first-order valence-electron chi connectivity index (χ1n) is 7.04. The van der Waals surface area contributed by atoms with Crippen molar-refractivity contribution in [2.75, 3.05) is 32.8 Å². The van der Waals surface area contributed by atoms with Crippen LogP contribution >= 0.6 is 0 Å². The van der Waals surface area contributed by atoms with Gasteiger partial charge in [-0.2, -0.15) is 0 Å². The van der Waals surface area contributed by atoms with E-state index in [1.807, 2.05) is 4.90 Å². The lowest BCUT2D eigenvalue weighted by molar-refractivity contribution is -0.136. The van der Waals surface area contributed by atoms with E-state index in [2.05, 4.69) is 0 Å². The first kappa shape index (κ1) is 14.3. The summed E-state index contributed by atoms with van der Waals surface area (Å²) < 4.78 is 0. The number of hydrogen-bond acceptors (Lipinski definition) is 4. The number of nitrogens with zero attached hydrogens (tertiary/aromatic N) is 2. The molecule has 6 heteroatoms. The second-order valence-electron chi connectivity index (χ2n) is 5.53. The van der Waals surface area contributed by atoms with E-state index >= 15 is 0 Å². The summed E-state index contributed by atoms with van der Waals surface area (Å²) >= 11 is 0. The van der Waals surface area contributed by atoms with Crippen LogP contribution in [0, 0.1) is 5.92 Å². The van der Waals surface area contributed by atoms with E-state index in [1.165, 1.54) is 0 Å². The van der Waals surface area contributed by atoms with Gasteiger partial charge in [0.2, 0.25) is 11.8 Å². The van der Waals surface area contributed by atoms with Gasteiger partial charge in [0.1, 0.15) is 0 Å². The molecule has 2 fully saturated rings. The Morgan fingerprint density at radius 3 is 2.63 bits per heavy atom. The molecule has 2 atom stereocenters. The highest BCUT2D eigenvalue weighted by molar-refractivity contribution is 5.81. The zero-order valence-corrected chi connectivity index (χ0v) is 11.3. The Kier molecular flexibility index (Phi) is 4.76. The number of piperidine rings is 1. The molecule has 2 rings (SSSR count). The fraction of sp³-hybridized carbons (Fsp3) is 0.846. The van der Waals surface area contributed by atoms with E-state index in [-0.39, 0.29) is 30.4 Å². The van der Waals surface area contributed by atoms with Crippen LogP contribution in [0.4, 0.5) is 0 Å². The normalized spacial score (nSPS) is 28.6. The zero-order valence-electron chi connectivity index (χ0n) is 11.3. The van der Waals surface area contributed by atoms with Gasteiger partial charge >= 0.3 is 0 Å². The number of aliphatic hydroxyl groups is 1. The SMILES string of the molecule is NC(=O)C1CCCN(C(=O)CN2CCC[C@H]2CO)C1. The third-order valence-electron chi connectivity index (χ3n) is 4.22. The minimum atomic E-state index is -0.313. The Labute approximate surface area is 113 Å². The number of carbonyl (C=O) groups excluding carboxylic acids is 2. The van der Waals surface area contributed by atoms with Crippen LogP contribution < -0.4 is 5.73 Å². The lowest BCUT2D eigenvalue weighted by atomic mass is 9.97. The van der Waals surface area contributed by atoms with Gasteiger partial charge in [0.25, 0.3) is 0 Å². The lowest BCUT2D eigenvalue weighted by Gasteiger charge is -2.33. The number of carbonyl (C=O) groups is 2. The number of primary amides is 1. The van der Waals surface area contributed by atoms with Crippen LogP contribution in [-0.2, 0) is 9.59 Å². The van der Waals surface area contributed by atoms with Crippen molar-refractivity contribution in [3.05, 3.63) is 0 Å². The topological polar surface area (TPSA) is 86.9 Å². The van der Waals surface area contributed by atoms with Crippen molar-refractivity contribution in [1.29, 1.82) is 0 Å². The van der Waals surface area contributed by atoms with Crippen LogP contribution in [0.1, 0.15) is 25.7 Å². The molecule has 2 aliphatic rings. The molecular formula is C13H23N3O3. The third-order valence-corrected chi connectivity index (χ3v) is 4.22. The van der Waals surface area contributed by atoms with Gasteiger partial charge in [0, 0.05) is 19.1 Å². The van der Waals surface area contributed by atoms with Gasteiger partial charge in [-0.1, -0.05) is 0 Å². The predicted molar refractivity (Wildman–Crippen MR) is 70.2 cm³/mol. The van der Waals surface area contributed by atoms with Crippen molar-refractivity contribution in [2.45, 2.75) is 31.7 Å². The Bertz CT molecular complexity index is 348. The summed E-state index contributed by atoms with van der Waals surface area (Å²) in [5.41, 5.74) is 5.32. The molecule has 2 amide bonds. The van der Waals surface area contributed by atoms with Gasteiger partial charge in [0.15, 0.2) is 0 Å². The van der Waals surface area contributed by atoms with Gasteiger partial charge in [0.05, 0.1) is 19.1 Å². The minimum absolute atomic E-state index is 0.0475. The summed E-state index contributed by atoms with van der Waals surface area (Å²) in [7, 11) is 0. The van der Waals surface area contributed by atoms with Crippen LogP contribution in [0.15, 0.2) is 0 Å². The molecule has 0 saturated carbocycles. The molecule has 108 valence electrons. The molecule has 0 aliphatic carbocycles. The second kappa shape index (κ2) is 6.34. The summed E-state index contributed by atoms with van der Waals surface area (Å²) in [5, 5.41) is 9.25. The summed E-state index contributed by atoms with van der Waals surface area (Å²) in [6, 6.07) is 0.112. The van der Waals surface area contributed by atoms with E-state index < -0.39 is 0 Å². The molecule has 0 aromatic carbocycles. The standard InChI is InChI=1S/C13H23N3O3/c14-13(19)10-3-1-6-16(7-10)12(18)8-15-5-2-4-11(15)9-17/h10-11,17H,1-9H2,(H2,14,19)/t10?,11-/m0/s1. The van der Waals surface area contributed by atoms with E-state index in [9.17, 15) is 14.7 Å². The van der Waals surface area contributed by atoms with Gasteiger partial charge in [-0.25, -0.2) is 0 Å². The third kappa shape index (κ3) is 3.45. The number of likely N-dealkylation sites (tertiary alicyclic amines) is 2. The number of hydrogen-bond donors (Lipinski definition) is 2. The Balaban J connectivity index is 1.87. The molecular weight excluding hydrogens is 246 g/mol. The van der Waals surface area contributed by atoms with Crippen molar-refractivity contribution in [2.24, 2.45) is 11.7 Å². The Morgan fingerprint density at radius 2 is 1.95 bits per heavy atom. The quantitative estimate of drug-likeness (QED) is 0.697. The van der Waals surface area contributed by atoms with Gasteiger partial charge in [-0.3, -0.25) is 14.5 Å². The van der Waals surface area contributed by atoms with E-state index in [1.54, 1.807) is 4.90 Å². The molecule has 2 aliphatic heterocycles. The number of nitrogens with two attached hydrogens (primary N) is 1. The largest absolute Gasteiger partial charge is 0.395 e. The van der Waals surface area contributed by atoms with E-state index in [0.29, 0.717) is 19.6 Å². The molecule has 3 N–H and O–H groups in total. The predicted octanol–water partition coefficient (Wildman–Crippen LogP) is -0.833. The molecule has 0 aromatic rings. The number of rotatable bonds is 4. The van der Waals surface area contributed by atoms with Gasteiger partial charge < -0.3 is 15.7 Å². The van der Waals surface area contributed by atoms with Crippen molar-refractivity contribution < 1.29 is 14.7 Å². The second-order valence-corrected chi connectivity index (χ2v) is 5.53. The summed E-state index contributed by atoms with van der Waals surface area (Å²) in [5.74, 6) is -0.469. The molecule has 19 heavy (non-hydrogen) atoms. The minimum Gasteiger partial charge on any atom is -0.395 e. The van der Waals surface area contributed by atoms with Crippen LogP contribution in [-0.4, -0.2) is 65.5 Å². The lowest BCUT2D eigenvalue weighted by Crippen LogP contribution is -2.48. The molecule has 0 radical (unpaired) electrons. The van der Waals surface area contributed by atoms with Crippen LogP contribution in [0.25, 0.3) is 0 Å². The molecule has 6 nitrogen and oxygen atoms in total. The fourth-order valence-corrected chi connectivity index (χ4v) is 3.02. The highest BCUT2D eigenvalue weighted by Crippen LogP contribution is 2.19. The maximum atomic E-state index is 12.2. The molecule has 0 bridgehead atoms. The average molecular weight is 269 g/mol. The van der Waals surface area contributed by atoms with Crippen molar-refractivity contribution >= 4 is 11.8 Å². The Morgan fingerprint density at radius 1 is 1.21 bits per heavy atom. The van der Waals surface area contributed by atoms with Crippen LogP contribution in [0.3, 0.4) is 0 Å². The van der Waals surface area contributed by atoms with Gasteiger partial charge in [-0.15, -0.1) is 0 Å². The fourth-order valence-electron chi connectivity index (χ4n) is 3.02. The highest BCUT2D eigenvalue weighted by Gasteiger charge is 2.30. The van der Waals surface area contributed by atoms with Gasteiger partial charge in [-0.05, 0) is 32.2 Å². The van der Waals surface area contributed by atoms with Crippen molar-refractivity contribution in [3.8, 4) is 0 Å². The maximum absolute atomic E-state index is 12.2. The van der Waals surface area contributed by atoms with Crippen molar-refractivity contribution in [1.82, 2.24) is 9.80 Å². The zero-order chi connectivity index (χ0) is 13.8. The first-order valence-corrected chi connectivity index (χ1v) is 7.04. The molecule has 0 aromatic heterocycles. The highest BCUT2D eigenvalue weighted by atomic mass is 16.3. The summed E-state index contributed by atoms with van der Waals surface area (Å²) in [6.45, 7) is 2.48. The Hall–Kier alpha value is -1.14. The number of amides is 2. The summed E-state index contributed by atoms with van der Waals surface area (Å²) in [4.78, 5) is 27.2. The average Bonchev–Trinajstić information content (AvgIpc) is 2.86. The van der Waals surface area contributed by atoms with Crippen molar-refractivity contribution in [3.63, 3.8) is 0 Å². The molecule has 2 saturated heterocycles. The maximum Gasteiger partial charge on any atom is 0.236 e. The monoisotopic (exact) mass is 269 g/mol. The van der Waals surface area contributed by atoms with Crippen LogP contribution in [0.5, 0.6) is 0 Å².